The zero-order valence-corrected chi connectivity index (χ0v) is 12.5. The van der Waals surface area contributed by atoms with Crippen molar-refractivity contribution in [3.05, 3.63) is 69.7 Å². The molecule has 0 radical (unpaired) electrons. The Morgan fingerprint density at radius 1 is 1.09 bits per heavy atom. The fourth-order valence-corrected chi connectivity index (χ4v) is 2.27. The van der Waals surface area contributed by atoms with E-state index in [9.17, 15) is 14.5 Å². The van der Waals surface area contributed by atoms with Crippen LogP contribution in [0.1, 0.15) is 11.1 Å². The molecule has 0 saturated heterocycles. The van der Waals surface area contributed by atoms with Crippen molar-refractivity contribution in [3.8, 4) is 11.5 Å². The molecular formula is C17H13FN2O3. The fourth-order valence-electron chi connectivity index (χ4n) is 2.27. The lowest BCUT2D eigenvalue weighted by atomic mass is 10.1. The van der Waals surface area contributed by atoms with E-state index in [0.717, 1.165) is 28.1 Å². The fraction of sp³-hybridized carbons (Fsp3) is 0.118. The van der Waals surface area contributed by atoms with Crippen molar-refractivity contribution < 1.29 is 14.1 Å². The van der Waals surface area contributed by atoms with Crippen LogP contribution in [-0.2, 0) is 0 Å². The van der Waals surface area contributed by atoms with Crippen LogP contribution < -0.4 is 4.74 Å². The molecule has 1 heterocycles. The van der Waals surface area contributed by atoms with Crippen LogP contribution in [0.25, 0.3) is 10.9 Å². The largest absolute Gasteiger partial charge is 0.454 e. The molecule has 0 fully saturated rings. The number of aryl methyl sites for hydroxylation is 2. The molecule has 23 heavy (non-hydrogen) atoms. The Kier molecular flexibility index (Phi) is 3.65. The number of hydrogen-bond acceptors (Lipinski definition) is 4. The number of aromatic nitrogens is 1. The smallest absolute Gasteiger partial charge is 0.272 e. The second-order valence-corrected chi connectivity index (χ2v) is 5.24. The summed E-state index contributed by atoms with van der Waals surface area (Å²) in [5.41, 5.74) is 2.59. The first-order valence-electron chi connectivity index (χ1n) is 6.93. The van der Waals surface area contributed by atoms with E-state index in [-0.39, 0.29) is 11.4 Å². The standard InChI is InChI=1S/C17H13FN2O3/c1-10-7-13-15(8-11(10)2)19-6-5-16(13)23-17-4-3-12(20(21)22)9-14(17)18/h3-9H,1-2H3. The summed E-state index contributed by atoms with van der Waals surface area (Å²) in [5.74, 6) is -0.403. The molecule has 2 aromatic carbocycles. The van der Waals surface area contributed by atoms with Gasteiger partial charge in [-0.3, -0.25) is 15.1 Å². The summed E-state index contributed by atoms with van der Waals surface area (Å²) >= 11 is 0. The van der Waals surface area contributed by atoms with Gasteiger partial charge in [0.25, 0.3) is 5.69 Å². The van der Waals surface area contributed by atoms with Gasteiger partial charge in [-0.1, -0.05) is 0 Å². The first-order chi connectivity index (χ1) is 11.0. The van der Waals surface area contributed by atoms with Gasteiger partial charge < -0.3 is 4.74 Å². The van der Waals surface area contributed by atoms with E-state index in [2.05, 4.69) is 4.98 Å². The summed E-state index contributed by atoms with van der Waals surface area (Å²) in [6.45, 7) is 3.96. The van der Waals surface area contributed by atoms with Gasteiger partial charge in [-0.15, -0.1) is 0 Å². The van der Waals surface area contributed by atoms with Gasteiger partial charge in [-0.2, -0.15) is 0 Å². The van der Waals surface area contributed by atoms with Gasteiger partial charge in [0.05, 0.1) is 16.5 Å². The molecule has 5 nitrogen and oxygen atoms in total. The molecule has 0 aliphatic heterocycles. The maximum Gasteiger partial charge on any atom is 0.272 e. The molecule has 3 rings (SSSR count). The number of rotatable bonds is 3. The number of nitro groups is 1. The zero-order chi connectivity index (χ0) is 16.6. The number of hydrogen-bond donors (Lipinski definition) is 0. The van der Waals surface area contributed by atoms with Crippen molar-refractivity contribution in [2.24, 2.45) is 0 Å². The van der Waals surface area contributed by atoms with Gasteiger partial charge in [0.15, 0.2) is 11.6 Å². The number of fused-ring (bicyclic) bond motifs is 1. The summed E-state index contributed by atoms with van der Waals surface area (Å²) in [6.07, 6.45) is 1.58. The molecule has 3 aromatic rings. The molecule has 0 N–H and O–H groups in total. The zero-order valence-electron chi connectivity index (χ0n) is 12.5. The number of non-ortho nitro benzene ring substituents is 1. The average Bonchev–Trinajstić information content (AvgIpc) is 2.51. The molecule has 0 aliphatic carbocycles. The van der Waals surface area contributed by atoms with E-state index in [0.29, 0.717) is 5.75 Å². The summed E-state index contributed by atoms with van der Waals surface area (Å²) < 4.78 is 19.6. The molecule has 0 saturated carbocycles. The third kappa shape index (κ3) is 2.83. The van der Waals surface area contributed by atoms with E-state index in [1.54, 1.807) is 12.3 Å². The van der Waals surface area contributed by atoms with E-state index in [4.69, 9.17) is 4.74 Å². The molecule has 0 atom stereocenters. The highest BCUT2D eigenvalue weighted by Crippen LogP contribution is 2.32. The molecule has 0 amide bonds. The van der Waals surface area contributed by atoms with Crippen molar-refractivity contribution in [2.75, 3.05) is 0 Å². The van der Waals surface area contributed by atoms with Crippen LogP contribution in [0.4, 0.5) is 10.1 Å². The Bertz CT molecular complexity index is 925. The number of nitro benzene ring substituents is 1. The second-order valence-electron chi connectivity index (χ2n) is 5.24. The van der Waals surface area contributed by atoms with Gasteiger partial charge in [-0.25, -0.2) is 4.39 Å². The van der Waals surface area contributed by atoms with Crippen molar-refractivity contribution >= 4 is 16.6 Å². The van der Waals surface area contributed by atoms with Crippen molar-refractivity contribution in [3.63, 3.8) is 0 Å². The molecular weight excluding hydrogens is 299 g/mol. The second kappa shape index (κ2) is 5.64. The minimum Gasteiger partial charge on any atom is -0.454 e. The summed E-state index contributed by atoms with van der Waals surface area (Å²) in [5, 5.41) is 11.4. The number of nitrogens with zero attached hydrogens (tertiary/aromatic N) is 2. The summed E-state index contributed by atoms with van der Waals surface area (Å²) in [6, 6.07) is 8.80. The van der Waals surface area contributed by atoms with Crippen LogP contribution >= 0.6 is 0 Å². The SMILES string of the molecule is Cc1cc2nccc(Oc3ccc([N+](=O)[O-])cc3F)c2cc1C. The Balaban J connectivity index is 2.05. The first kappa shape index (κ1) is 14.9. The van der Waals surface area contributed by atoms with Crippen molar-refractivity contribution in [1.29, 1.82) is 0 Å². The third-order valence-electron chi connectivity index (χ3n) is 3.66. The monoisotopic (exact) mass is 312 g/mol. The molecule has 116 valence electrons. The minimum atomic E-state index is -0.784. The maximum atomic E-state index is 14.0. The normalized spacial score (nSPS) is 10.7. The van der Waals surface area contributed by atoms with Crippen LogP contribution in [0.3, 0.4) is 0 Å². The molecule has 6 heteroatoms. The highest BCUT2D eigenvalue weighted by Gasteiger charge is 2.14. The molecule has 0 spiro atoms. The van der Waals surface area contributed by atoms with Gasteiger partial charge in [-0.05, 0) is 49.2 Å². The number of ether oxygens (including phenoxy) is 1. The Morgan fingerprint density at radius 2 is 1.83 bits per heavy atom. The van der Waals surface area contributed by atoms with Gasteiger partial charge in [0.2, 0.25) is 0 Å². The summed E-state index contributed by atoms with van der Waals surface area (Å²) in [4.78, 5) is 14.3. The van der Waals surface area contributed by atoms with Crippen molar-refractivity contribution in [1.82, 2.24) is 4.98 Å². The maximum absolute atomic E-state index is 14.0. The van der Waals surface area contributed by atoms with Crippen molar-refractivity contribution in [2.45, 2.75) is 13.8 Å². The molecule has 1 aromatic heterocycles. The lowest BCUT2D eigenvalue weighted by Crippen LogP contribution is -1.94. The number of pyridine rings is 1. The van der Waals surface area contributed by atoms with Crippen LogP contribution in [0.2, 0.25) is 0 Å². The highest BCUT2D eigenvalue weighted by atomic mass is 19.1. The van der Waals surface area contributed by atoms with Gasteiger partial charge in [0, 0.05) is 17.6 Å². The van der Waals surface area contributed by atoms with Crippen LogP contribution in [0.15, 0.2) is 42.6 Å². The predicted molar refractivity (Wildman–Crippen MR) is 84.3 cm³/mol. The Labute approximate surface area is 131 Å². The number of benzene rings is 2. The highest BCUT2D eigenvalue weighted by molar-refractivity contribution is 5.86. The topological polar surface area (TPSA) is 65.3 Å². The van der Waals surface area contributed by atoms with Crippen LogP contribution in [0, 0.1) is 29.8 Å². The molecule has 0 unspecified atom stereocenters. The lowest BCUT2D eigenvalue weighted by Gasteiger charge is -2.11. The Hall–Kier alpha value is -3.02. The van der Waals surface area contributed by atoms with Crippen LogP contribution in [-0.4, -0.2) is 9.91 Å². The van der Waals surface area contributed by atoms with E-state index >= 15 is 0 Å². The molecule has 0 bridgehead atoms. The average molecular weight is 312 g/mol. The quantitative estimate of drug-likeness (QED) is 0.520. The first-order valence-corrected chi connectivity index (χ1v) is 6.93. The third-order valence-corrected chi connectivity index (χ3v) is 3.66. The summed E-state index contributed by atoms with van der Waals surface area (Å²) in [7, 11) is 0. The Morgan fingerprint density at radius 3 is 2.52 bits per heavy atom. The van der Waals surface area contributed by atoms with Gasteiger partial charge in [0.1, 0.15) is 5.75 Å². The van der Waals surface area contributed by atoms with Gasteiger partial charge >= 0.3 is 0 Å². The van der Waals surface area contributed by atoms with E-state index < -0.39 is 10.7 Å². The van der Waals surface area contributed by atoms with E-state index in [1.165, 1.54) is 12.1 Å². The van der Waals surface area contributed by atoms with E-state index in [1.807, 2.05) is 26.0 Å². The number of halogens is 1. The minimum absolute atomic E-state index is 0.0682. The molecule has 0 aliphatic rings. The lowest BCUT2D eigenvalue weighted by molar-refractivity contribution is -0.385. The predicted octanol–water partition coefficient (Wildman–Crippen LogP) is 4.69. The van der Waals surface area contributed by atoms with Crippen LogP contribution in [0.5, 0.6) is 11.5 Å².